The van der Waals surface area contributed by atoms with Gasteiger partial charge in [0.25, 0.3) is 5.08 Å². The molecule has 0 rings (SSSR count). The van der Waals surface area contributed by atoms with Crippen LogP contribution in [-0.4, -0.2) is 74.6 Å². The van der Waals surface area contributed by atoms with E-state index in [4.69, 9.17) is 19.6 Å². The summed E-state index contributed by atoms with van der Waals surface area (Å²) in [5.41, 5.74) is 0. The van der Waals surface area contributed by atoms with Gasteiger partial charge in [-0.15, -0.1) is 0 Å². The molecule has 1 unspecified atom stereocenters. The quantitative estimate of drug-likeness (QED) is 0.230. The Morgan fingerprint density at radius 1 is 1.10 bits per heavy atom. The Morgan fingerprint density at radius 2 is 1.45 bits per heavy atom. The summed E-state index contributed by atoms with van der Waals surface area (Å²) < 4.78 is 27.4. The fourth-order valence-corrected chi connectivity index (χ4v) is 3.12. The van der Waals surface area contributed by atoms with Crippen LogP contribution < -0.4 is 12.4 Å². The van der Waals surface area contributed by atoms with Crippen molar-refractivity contribution in [3.63, 3.8) is 0 Å². The average molecular weight is 358 g/mol. The standard InChI is InChI=1S/C8H21NO8P2.ClH/c1-8(18(11,12)13,19(14,15)16)17-6-7(10)5-9(2,3)4;/h7,10H,5-6H2,1-4H3,(H3-,11,12,13,14,15,16);1H. The van der Waals surface area contributed by atoms with E-state index in [1.165, 1.54) is 0 Å². The van der Waals surface area contributed by atoms with Gasteiger partial charge >= 0.3 is 15.2 Å². The maximum Gasteiger partial charge on any atom is 0.369 e. The van der Waals surface area contributed by atoms with E-state index < -0.39 is 33.0 Å². The smallest absolute Gasteiger partial charge is 0.369 e. The van der Waals surface area contributed by atoms with Gasteiger partial charge < -0.3 is 46.3 Å². The number of ether oxygens (including phenoxy) is 1. The molecule has 0 saturated heterocycles. The van der Waals surface area contributed by atoms with Crippen LogP contribution in [0.15, 0.2) is 0 Å². The molecule has 9 nitrogen and oxygen atoms in total. The van der Waals surface area contributed by atoms with Crippen molar-refractivity contribution in [2.24, 2.45) is 0 Å². The highest BCUT2D eigenvalue weighted by Crippen LogP contribution is 2.69. The first-order valence-electron chi connectivity index (χ1n) is 5.34. The number of hydrogen-bond donors (Lipinski definition) is 5. The van der Waals surface area contributed by atoms with Crippen LogP contribution in [0, 0.1) is 0 Å². The number of quaternary nitrogens is 1. The minimum absolute atomic E-state index is 0. The summed E-state index contributed by atoms with van der Waals surface area (Å²) in [6.45, 7) is 0.230. The van der Waals surface area contributed by atoms with Gasteiger partial charge in [-0.3, -0.25) is 9.13 Å². The first-order chi connectivity index (χ1) is 8.10. The Bertz CT molecular complexity index is 378. The summed E-state index contributed by atoms with van der Waals surface area (Å²) in [7, 11) is -5.12. The van der Waals surface area contributed by atoms with Crippen LogP contribution in [0.2, 0.25) is 0 Å². The summed E-state index contributed by atoms with van der Waals surface area (Å²) in [5.74, 6) is 0. The highest BCUT2D eigenvalue weighted by atomic mass is 35.5. The molecular formula is C8H22ClNO8P2. The second kappa shape index (κ2) is 7.15. The predicted octanol–water partition coefficient (Wildman–Crippen LogP) is -3.90. The number of likely N-dealkylation sites (N-methyl/N-ethyl adjacent to an activating group) is 1. The van der Waals surface area contributed by atoms with Gasteiger partial charge in [-0.1, -0.05) is 0 Å². The number of nitrogens with zero attached hydrogens (tertiary/aromatic N) is 1. The van der Waals surface area contributed by atoms with E-state index >= 15 is 0 Å². The molecule has 0 radical (unpaired) electrons. The second-order valence-corrected chi connectivity index (χ2v) is 9.70. The lowest BCUT2D eigenvalue weighted by atomic mass is 10.3. The first-order valence-corrected chi connectivity index (χ1v) is 8.56. The van der Waals surface area contributed by atoms with Crippen LogP contribution in [0.3, 0.4) is 0 Å². The molecule has 12 heteroatoms. The van der Waals surface area contributed by atoms with Crippen LogP contribution in [-0.2, 0) is 13.9 Å². The maximum absolute atomic E-state index is 11.2. The number of rotatable bonds is 7. The topological polar surface area (TPSA) is 145 Å². The van der Waals surface area contributed by atoms with Crippen LogP contribution >= 0.6 is 15.2 Å². The van der Waals surface area contributed by atoms with E-state index in [9.17, 15) is 14.2 Å². The van der Waals surface area contributed by atoms with Crippen molar-refractivity contribution in [1.29, 1.82) is 0 Å². The van der Waals surface area contributed by atoms with E-state index in [0.717, 1.165) is 0 Å². The normalized spacial score (nSPS) is 15.7. The highest BCUT2D eigenvalue weighted by Gasteiger charge is 2.58. The highest BCUT2D eigenvalue weighted by molar-refractivity contribution is 7.72. The Morgan fingerprint density at radius 3 is 1.70 bits per heavy atom. The molecule has 0 aromatic rings. The lowest BCUT2D eigenvalue weighted by molar-refractivity contribution is -0.873. The van der Waals surface area contributed by atoms with Gasteiger partial charge in [-0.05, 0) is 6.92 Å². The lowest BCUT2D eigenvalue weighted by Crippen LogP contribution is -3.00. The molecular weight excluding hydrogens is 335 g/mol. The van der Waals surface area contributed by atoms with Gasteiger partial charge in [0, 0.05) is 0 Å². The minimum Gasteiger partial charge on any atom is -1.00 e. The van der Waals surface area contributed by atoms with Crippen molar-refractivity contribution in [3.05, 3.63) is 0 Å². The SMILES string of the molecule is CC(OCC(O)C[N+](C)(C)C)(P(=O)(O)O)P(=O)(O)O.[Cl-]. The van der Waals surface area contributed by atoms with Crippen molar-refractivity contribution < 1.29 is 55.4 Å². The third kappa shape index (κ3) is 6.49. The van der Waals surface area contributed by atoms with Crippen molar-refractivity contribution in [2.45, 2.75) is 18.1 Å². The summed E-state index contributed by atoms with van der Waals surface area (Å²) >= 11 is 0. The molecule has 0 aliphatic rings. The van der Waals surface area contributed by atoms with Crippen LogP contribution in [0.4, 0.5) is 0 Å². The molecule has 0 saturated carbocycles. The number of aliphatic hydroxyl groups is 1. The van der Waals surface area contributed by atoms with Crippen LogP contribution in [0.25, 0.3) is 0 Å². The van der Waals surface area contributed by atoms with Gasteiger partial charge in [0.1, 0.15) is 12.6 Å². The lowest BCUT2D eigenvalue weighted by Gasteiger charge is -2.32. The van der Waals surface area contributed by atoms with E-state index in [1.807, 2.05) is 0 Å². The molecule has 0 aromatic heterocycles. The Kier molecular flexibility index (Phi) is 8.14. The van der Waals surface area contributed by atoms with Crippen LogP contribution in [0.1, 0.15) is 6.92 Å². The van der Waals surface area contributed by atoms with E-state index in [2.05, 4.69) is 4.74 Å². The number of aliphatic hydroxyl groups excluding tert-OH is 1. The number of hydrogen-bond acceptors (Lipinski definition) is 4. The average Bonchev–Trinajstić information content (AvgIpc) is 2.07. The zero-order valence-electron chi connectivity index (χ0n) is 11.7. The molecule has 0 aliphatic heterocycles. The summed E-state index contributed by atoms with van der Waals surface area (Å²) in [6, 6.07) is 0. The Hall–Kier alpha value is 0.470. The van der Waals surface area contributed by atoms with E-state index in [-0.39, 0.29) is 19.0 Å². The maximum atomic E-state index is 11.2. The van der Waals surface area contributed by atoms with Gasteiger partial charge in [-0.2, -0.15) is 0 Å². The predicted molar refractivity (Wildman–Crippen MR) is 67.4 cm³/mol. The van der Waals surface area contributed by atoms with Gasteiger partial charge in [0.2, 0.25) is 0 Å². The molecule has 1 atom stereocenters. The second-order valence-electron chi connectivity index (χ2n) is 5.46. The molecule has 0 bridgehead atoms. The minimum atomic E-state index is -5.22. The zero-order valence-corrected chi connectivity index (χ0v) is 14.2. The van der Waals surface area contributed by atoms with E-state index in [0.29, 0.717) is 11.4 Å². The molecule has 0 amide bonds. The molecule has 5 N–H and O–H groups in total. The largest absolute Gasteiger partial charge is 1.00 e. The van der Waals surface area contributed by atoms with Crippen LogP contribution in [0.5, 0.6) is 0 Å². The molecule has 124 valence electrons. The van der Waals surface area contributed by atoms with Gasteiger partial charge in [0.05, 0.1) is 27.7 Å². The van der Waals surface area contributed by atoms with Crippen molar-refractivity contribution >= 4 is 15.2 Å². The van der Waals surface area contributed by atoms with Crippen molar-refractivity contribution in [3.8, 4) is 0 Å². The summed E-state index contributed by atoms with van der Waals surface area (Å²) in [6.07, 6.45) is -1.11. The third-order valence-electron chi connectivity index (χ3n) is 2.39. The molecule has 0 fully saturated rings. The Balaban J connectivity index is 0. The van der Waals surface area contributed by atoms with Crippen molar-refractivity contribution in [1.82, 2.24) is 0 Å². The fourth-order valence-electron chi connectivity index (χ4n) is 1.28. The Labute approximate surface area is 123 Å². The molecule has 0 spiro atoms. The molecule has 0 aliphatic carbocycles. The van der Waals surface area contributed by atoms with Gasteiger partial charge in [-0.25, -0.2) is 0 Å². The zero-order chi connectivity index (χ0) is 15.7. The molecule has 0 heterocycles. The summed E-state index contributed by atoms with van der Waals surface area (Å²) in [5, 5.41) is 6.68. The monoisotopic (exact) mass is 357 g/mol. The van der Waals surface area contributed by atoms with Crippen molar-refractivity contribution in [2.75, 3.05) is 34.3 Å². The summed E-state index contributed by atoms with van der Waals surface area (Å²) in [4.78, 5) is 36.1. The fraction of sp³-hybridized carbons (Fsp3) is 1.00. The molecule has 0 aromatic carbocycles. The van der Waals surface area contributed by atoms with E-state index in [1.54, 1.807) is 21.1 Å². The molecule has 20 heavy (non-hydrogen) atoms. The first kappa shape index (κ1) is 22.7. The van der Waals surface area contributed by atoms with Gasteiger partial charge in [0.15, 0.2) is 0 Å². The third-order valence-corrected chi connectivity index (χ3v) is 6.37. The number of halogens is 1.